The van der Waals surface area contributed by atoms with Crippen molar-refractivity contribution in [2.75, 3.05) is 20.2 Å². The van der Waals surface area contributed by atoms with Crippen molar-refractivity contribution in [3.05, 3.63) is 35.9 Å². The number of nitrogens with zero attached hydrogens (tertiary/aromatic N) is 1. The van der Waals surface area contributed by atoms with Crippen LogP contribution in [0.2, 0.25) is 0 Å². The largest absolute Gasteiger partial charge is 0.496 e. The molecule has 20 heavy (non-hydrogen) atoms. The van der Waals surface area contributed by atoms with Gasteiger partial charge in [-0.15, -0.1) is 0 Å². The third-order valence-electron chi connectivity index (χ3n) is 3.12. The van der Waals surface area contributed by atoms with Gasteiger partial charge in [0.2, 0.25) is 0 Å². The van der Waals surface area contributed by atoms with Gasteiger partial charge in [-0.3, -0.25) is 0 Å². The minimum atomic E-state index is 0.757. The number of hydrogen-bond acceptors (Lipinski definition) is 4. The Balaban J connectivity index is 2.10. The monoisotopic (exact) mass is 274 g/mol. The van der Waals surface area contributed by atoms with Crippen LogP contribution in [0.5, 0.6) is 5.75 Å². The molecule has 0 bridgehead atoms. The predicted molar refractivity (Wildman–Crippen MR) is 80.1 cm³/mol. The van der Waals surface area contributed by atoms with E-state index in [-0.39, 0.29) is 0 Å². The highest BCUT2D eigenvalue weighted by atomic mass is 16.5. The van der Waals surface area contributed by atoms with Crippen molar-refractivity contribution in [1.82, 2.24) is 10.3 Å². The molecule has 0 radical (unpaired) electrons. The Bertz CT molecular complexity index is 549. The van der Waals surface area contributed by atoms with E-state index in [1.807, 2.05) is 12.1 Å². The van der Waals surface area contributed by atoms with Gasteiger partial charge in [-0.1, -0.05) is 18.6 Å². The normalized spacial score (nSPS) is 10.8. The molecule has 2 aromatic rings. The number of ether oxygens (including phenoxy) is 1. The topological polar surface area (TPSA) is 47.3 Å². The first kappa shape index (κ1) is 14.6. The van der Waals surface area contributed by atoms with Crippen molar-refractivity contribution < 1.29 is 9.15 Å². The SMILES string of the molecule is CCCNCCc1ncc(-c2cc(C)ccc2OC)o1. The minimum Gasteiger partial charge on any atom is -0.496 e. The van der Waals surface area contributed by atoms with E-state index < -0.39 is 0 Å². The lowest BCUT2D eigenvalue weighted by molar-refractivity contribution is 0.413. The second-order valence-corrected chi connectivity index (χ2v) is 4.82. The quantitative estimate of drug-likeness (QED) is 0.788. The van der Waals surface area contributed by atoms with Gasteiger partial charge in [0, 0.05) is 13.0 Å². The summed E-state index contributed by atoms with van der Waals surface area (Å²) in [5.41, 5.74) is 2.12. The molecule has 4 nitrogen and oxygen atoms in total. The third kappa shape index (κ3) is 3.61. The van der Waals surface area contributed by atoms with Crippen molar-refractivity contribution >= 4 is 0 Å². The number of benzene rings is 1. The van der Waals surface area contributed by atoms with Gasteiger partial charge in [0.05, 0.1) is 18.9 Å². The van der Waals surface area contributed by atoms with Gasteiger partial charge in [-0.25, -0.2) is 4.98 Å². The Kier molecular flexibility index (Phi) is 5.18. The zero-order chi connectivity index (χ0) is 14.4. The molecule has 1 aromatic carbocycles. The molecule has 0 spiro atoms. The lowest BCUT2D eigenvalue weighted by Gasteiger charge is -2.06. The first-order chi connectivity index (χ1) is 9.74. The van der Waals surface area contributed by atoms with Crippen molar-refractivity contribution in [3.63, 3.8) is 0 Å². The maximum absolute atomic E-state index is 5.82. The Morgan fingerprint density at radius 2 is 2.15 bits per heavy atom. The summed E-state index contributed by atoms with van der Waals surface area (Å²) >= 11 is 0. The van der Waals surface area contributed by atoms with Gasteiger partial charge in [0.1, 0.15) is 5.75 Å². The molecule has 2 rings (SSSR count). The van der Waals surface area contributed by atoms with Gasteiger partial charge in [-0.05, 0) is 32.0 Å². The molecule has 0 fully saturated rings. The Hall–Kier alpha value is -1.81. The van der Waals surface area contributed by atoms with Crippen LogP contribution in [0, 0.1) is 6.92 Å². The summed E-state index contributed by atoms with van der Waals surface area (Å²) in [5.74, 6) is 2.32. The lowest BCUT2D eigenvalue weighted by Crippen LogP contribution is -2.17. The number of rotatable bonds is 7. The molecule has 1 aromatic heterocycles. The van der Waals surface area contributed by atoms with Crippen LogP contribution < -0.4 is 10.1 Å². The molecular formula is C16H22N2O2. The van der Waals surface area contributed by atoms with E-state index in [1.165, 1.54) is 5.56 Å². The highest BCUT2D eigenvalue weighted by molar-refractivity contribution is 5.66. The summed E-state index contributed by atoms with van der Waals surface area (Å²) in [6, 6.07) is 6.03. The molecule has 1 N–H and O–H groups in total. The van der Waals surface area contributed by atoms with Crippen LogP contribution in [-0.4, -0.2) is 25.2 Å². The van der Waals surface area contributed by atoms with E-state index in [1.54, 1.807) is 13.3 Å². The van der Waals surface area contributed by atoms with E-state index in [9.17, 15) is 0 Å². The molecule has 0 aliphatic heterocycles. The summed E-state index contributed by atoms with van der Waals surface area (Å²) in [4.78, 5) is 4.33. The number of aryl methyl sites for hydroxylation is 1. The zero-order valence-corrected chi connectivity index (χ0v) is 12.4. The summed E-state index contributed by atoms with van der Waals surface area (Å²) in [5, 5.41) is 3.34. The standard InChI is InChI=1S/C16H22N2O2/c1-4-8-17-9-7-16-18-11-15(20-16)13-10-12(2)5-6-14(13)19-3/h5-6,10-11,17H,4,7-9H2,1-3H3. The van der Waals surface area contributed by atoms with Crippen LogP contribution in [0.3, 0.4) is 0 Å². The van der Waals surface area contributed by atoms with Crippen LogP contribution in [0.15, 0.2) is 28.8 Å². The van der Waals surface area contributed by atoms with Crippen LogP contribution in [0.4, 0.5) is 0 Å². The molecule has 0 aliphatic rings. The van der Waals surface area contributed by atoms with Crippen LogP contribution in [0.25, 0.3) is 11.3 Å². The number of oxazole rings is 1. The van der Waals surface area contributed by atoms with Crippen LogP contribution in [0.1, 0.15) is 24.8 Å². The van der Waals surface area contributed by atoms with E-state index in [2.05, 4.69) is 30.2 Å². The molecular weight excluding hydrogens is 252 g/mol. The van der Waals surface area contributed by atoms with Crippen LogP contribution in [-0.2, 0) is 6.42 Å². The van der Waals surface area contributed by atoms with Crippen LogP contribution >= 0.6 is 0 Å². The number of nitrogens with one attached hydrogen (secondary N) is 1. The maximum Gasteiger partial charge on any atom is 0.196 e. The summed E-state index contributed by atoms with van der Waals surface area (Å²) < 4.78 is 11.2. The van der Waals surface area contributed by atoms with Gasteiger partial charge in [-0.2, -0.15) is 0 Å². The van der Waals surface area contributed by atoms with Gasteiger partial charge in [0.15, 0.2) is 11.7 Å². The third-order valence-corrected chi connectivity index (χ3v) is 3.12. The zero-order valence-electron chi connectivity index (χ0n) is 12.4. The lowest BCUT2D eigenvalue weighted by atomic mass is 10.1. The fourth-order valence-electron chi connectivity index (χ4n) is 2.06. The average Bonchev–Trinajstić information content (AvgIpc) is 2.92. The summed E-state index contributed by atoms with van der Waals surface area (Å²) in [7, 11) is 1.67. The molecule has 4 heteroatoms. The van der Waals surface area contributed by atoms with E-state index >= 15 is 0 Å². The Morgan fingerprint density at radius 3 is 2.90 bits per heavy atom. The molecule has 0 saturated heterocycles. The Labute approximate surface area is 120 Å². The predicted octanol–water partition coefficient (Wildman–Crippen LogP) is 3.20. The minimum absolute atomic E-state index is 0.757. The number of methoxy groups -OCH3 is 1. The summed E-state index contributed by atoms with van der Waals surface area (Å²) in [6.07, 6.45) is 3.71. The molecule has 0 amide bonds. The first-order valence-electron chi connectivity index (χ1n) is 7.05. The second kappa shape index (κ2) is 7.10. The Morgan fingerprint density at radius 1 is 1.30 bits per heavy atom. The first-order valence-corrected chi connectivity index (χ1v) is 7.05. The molecule has 0 atom stereocenters. The van der Waals surface area contributed by atoms with Gasteiger partial charge >= 0.3 is 0 Å². The smallest absolute Gasteiger partial charge is 0.196 e. The molecule has 108 valence electrons. The number of aromatic nitrogens is 1. The molecule has 1 heterocycles. The van der Waals surface area contributed by atoms with Crippen molar-refractivity contribution in [1.29, 1.82) is 0 Å². The average molecular weight is 274 g/mol. The summed E-state index contributed by atoms with van der Waals surface area (Å²) in [6.45, 7) is 6.12. The fourth-order valence-corrected chi connectivity index (χ4v) is 2.06. The van der Waals surface area contributed by atoms with E-state index in [0.717, 1.165) is 48.9 Å². The van der Waals surface area contributed by atoms with Gasteiger partial charge < -0.3 is 14.5 Å². The van der Waals surface area contributed by atoms with Gasteiger partial charge in [0.25, 0.3) is 0 Å². The highest BCUT2D eigenvalue weighted by Crippen LogP contribution is 2.31. The van der Waals surface area contributed by atoms with E-state index in [0.29, 0.717) is 0 Å². The number of hydrogen-bond donors (Lipinski definition) is 1. The van der Waals surface area contributed by atoms with Crippen molar-refractivity contribution in [2.45, 2.75) is 26.7 Å². The molecule has 0 unspecified atom stereocenters. The highest BCUT2D eigenvalue weighted by Gasteiger charge is 2.11. The fraction of sp³-hybridized carbons (Fsp3) is 0.438. The van der Waals surface area contributed by atoms with Crippen molar-refractivity contribution in [2.24, 2.45) is 0 Å². The molecule has 0 aliphatic carbocycles. The second-order valence-electron chi connectivity index (χ2n) is 4.82. The maximum atomic E-state index is 5.82. The van der Waals surface area contributed by atoms with E-state index in [4.69, 9.17) is 9.15 Å². The van der Waals surface area contributed by atoms with Crippen molar-refractivity contribution in [3.8, 4) is 17.1 Å². The molecule has 0 saturated carbocycles.